The molecule has 90 valence electrons. The zero-order chi connectivity index (χ0) is 12.8. The predicted molar refractivity (Wildman–Crippen MR) is 73.3 cm³/mol. The van der Waals surface area contributed by atoms with Gasteiger partial charge in [0.05, 0.1) is 0 Å². The van der Waals surface area contributed by atoms with Gasteiger partial charge in [0.15, 0.2) is 5.78 Å². The van der Waals surface area contributed by atoms with Crippen LogP contribution in [0.25, 0.3) is 0 Å². The van der Waals surface area contributed by atoms with E-state index in [9.17, 15) is 4.79 Å². The average Bonchev–Trinajstić information content (AvgIpc) is 2.35. The molecule has 0 aliphatic carbocycles. The van der Waals surface area contributed by atoms with Crippen molar-refractivity contribution in [2.24, 2.45) is 0 Å². The fourth-order valence-electron chi connectivity index (χ4n) is 1.39. The van der Waals surface area contributed by atoms with Crippen molar-refractivity contribution in [2.75, 3.05) is 0 Å². The highest BCUT2D eigenvalue weighted by Crippen LogP contribution is 2.10. The van der Waals surface area contributed by atoms with Crippen LogP contribution in [-0.2, 0) is 0 Å². The van der Waals surface area contributed by atoms with Gasteiger partial charge in [0.1, 0.15) is 0 Å². The van der Waals surface area contributed by atoms with Crippen LogP contribution in [0.2, 0.25) is 0 Å². The number of carbonyl (C=O) groups is 1. The molecular formula is C16H20O. The summed E-state index contributed by atoms with van der Waals surface area (Å²) in [6, 6.07) is 7.69. The van der Waals surface area contributed by atoms with E-state index in [1.807, 2.05) is 50.3 Å². The third-order valence-corrected chi connectivity index (χ3v) is 2.85. The number of ketones is 1. The first-order chi connectivity index (χ1) is 8.04. The minimum Gasteiger partial charge on any atom is -0.289 e. The van der Waals surface area contributed by atoms with E-state index in [-0.39, 0.29) is 5.78 Å². The maximum atomic E-state index is 12.1. The Balaban J connectivity index is 2.87. The third kappa shape index (κ3) is 4.03. The molecule has 0 heterocycles. The van der Waals surface area contributed by atoms with Gasteiger partial charge in [0.2, 0.25) is 0 Å². The first kappa shape index (κ1) is 13.4. The molecule has 1 nitrogen and oxygen atoms in total. The molecule has 1 aromatic carbocycles. The summed E-state index contributed by atoms with van der Waals surface area (Å²) >= 11 is 0. The summed E-state index contributed by atoms with van der Waals surface area (Å²) in [5.74, 6) is 0.102. The first-order valence-electron chi connectivity index (χ1n) is 6.00. The van der Waals surface area contributed by atoms with Crippen LogP contribution in [0.4, 0.5) is 0 Å². The van der Waals surface area contributed by atoms with Crippen LogP contribution in [0, 0.1) is 6.92 Å². The van der Waals surface area contributed by atoms with Crippen LogP contribution in [0.5, 0.6) is 0 Å². The van der Waals surface area contributed by atoms with Crippen LogP contribution < -0.4 is 0 Å². The van der Waals surface area contributed by atoms with E-state index in [1.54, 1.807) is 0 Å². The molecule has 0 unspecified atom stereocenters. The number of allylic oxidation sites excluding steroid dienone is 4. The molecule has 0 aromatic heterocycles. The van der Waals surface area contributed by atoms with E-state index in [0.717, 1.165) is 17.6 Å². The molecule has 0 saturated carbocycles. The maximum Gasteiger partial charge on any atom is 0.188 e. The van der Waals surface area contributed by atoms with E-state index in [0.29, 0.717) is 0 Å². The molecule has 0 saturated heterocycles. The van der Waals surface area contributed by atoms with Crippen molar-refractivity contribution in [1.29, 1.82) is 0 Å². The SMILES string of the molecule is CC/C(C)=C/C=C(\C)C(=O)c1ccc(C)cc1. The zero-order valence-corrected chi connectivity index (χ0v) is 11.1. The highest BCUT2D eigenvalue weighted by molar-refractivity contribution is 6.08. The van der Waals surface area contributed by atoms with Crippen LogP contribution in [0.1, 0.15) is 43.1 Å². The molecule has 0 bridgehead atoms. The van der Waals surface area contributed by atoms with Crippen molar-refractivity contribution in [3.8, 4) is 0 Å². The van der Waals surface area contributed by atoms with Gasteiger partial charge in [-0.05, 0) is 32.8 Å². The van der Waals surface area contributed by atoms with Crippen molar-refractivity contribution in [1.82, 2.24) is 0 Å². The molecule has 17 heavy (non-hydrogen) atoms. The Bertz CT molecular complexity index is 447. The fraction of sp³-hybridized carbons (Fsp3) is 0.312. The van der Waals surface area contributed by atoms with Crippen molar-refractivity contribution < 1.29 is 4.79 Å². The molecular weight excluding hydrogens is 208 g/mol. The fourth-order valence-corrected chi connectivity index (χ4v) is 1.39. The highest BCUT2D eigenvalue weighted by atomic mass is 16.1. The molecule has 0 fully saturated rings. The Kier molecular flexibility index (Phi) is 4.89. The molecule has 0 N–H and O–H groups in total. The lowest BCUT2D eigenvalue weighted by Gasteiger charge is -2.01. The number of aryl methyl sites for hydroxylation is 1. The second kappa shape index (κ2) is 6.19. The average molecular weight is 228 g/mol. The molecule has 0 radical (unpaired) electrons. The van der Waals surface area contributed by atoms with Gasteiger partial charge < -0.3 is 0 Å². The quantitative estimate of drug-likeness (QED) is 0.422. The molecule has 1 heteroatoms. The van der Waals surface area contributed by atoms with Crippen molar-refractivity contribution in [3.05, 3.63) is 58.7 Å². The molecule has 0 amide bonds. The minimum absolute atomic E-state index is 0.102. The summed E-state index contributed by atoms with van der Waals surface area (Å²) in [5.41, 5.74) is 3.99. The van der Waals surface area contributed by atoms with Crippen LogP contribution >= 0.6 is 0 Å². The van der Waals surface area contributed by atoms with E-state index in [1.165, 1.54) is 11.1 Å². The van der Waals surface area contributed by atoms with Crippen molar-refractivity contribution >= 4 is 5.78 Å². The third-order valence-electron chi connectivity index (χ3n) is 2.85. The Hall–Kier alpha value is -1.63. The second-order valence-corrected chi connectivity index (χ2v) is 4.41. The summed E-state index contributed by atoms with van der Waals surface area (Å²) in [4.78, 5) is 12.1. The van der Waals surface area contributed by atoms with Crippen LogP contribution in [0.3, 0.4) is 0 Å². The predicted octanol–water partition coefficient (Wildman–Crippen LogP) is 4.48. The summed E-state index contributed by atoms with van der Waals surface area (Å²) in [5, 5.41) is 0. The summed E-state index contributed by atoms with van der Waals surface area (Å²) < 4.78 is 0. The molecule has 1 rings (SSSR count). The van der Waals surface area contributed by atoms with Gasteiger partial charge in [-0.2, -0.15) is 0 Å². The van der Waals surface area contributed by atoms with E-state index in [2.05, 4.69) is 13.8 Å². The van der Waals surface area contributed by atoms with Gasteiger partial charge in [-0.25, -0.2) is 0 Å². The van der Waals surface area contributed by atoms with Gasteiger partial charge in [-0.1, -0.05) is 54.5 Å². The minimum atomic E-state index is 0.102. The molecule has 1 aromatic rings. The first-order valence-corrected chi connectivity index (χ1v) is 6.00. The van der Waals surface area contributed by atoms with Crippen LogP contribution in [0.15, 0.2) is 47.6 Å². The standard InChI is InChI=1S/C16H20O/c1-5-12(2)6-9-14(4)16(17)15-10-7-13(3)8-11-15/h6-11H,5H2,1-4H3/b12-6+,14-9+. The Labute approximate surface area is 104 Å². The van der Waals surface area contributed by atoms with Crippen LogP contribution in [-0.4, -0.2) is 5.78 Å². The van der Waals surface area contributed by atoms with Gasteiger partial charge >= 0.3 is 0 Å². The van der Waals surface area contributed by atoms with E-state index in [4.69, 9.17) is 0 Å². The smallest absolute Gasteiger partial charge is 0.188 e. The monoisotopic (exact) mass is 228 g/mol. The highest BCUT2D eigenvalue weighted by Gasteiger charge is 2.06. The molecule has 0 aliphatic heterocycles. The van der Waals surface area contributed by atoms with Gasteiger partial charge in [0, 0.05) is 5.56 Å². The number of rotatable bonds is 4. The second-order valence-electron chi connectivity index (χ2n) is 4.41. The number of hydrogen-bond acceptors (Lipinski definition) is 1. The lowest BCUT2D eigenvalue weighted by atomic mass is 10.0. The van der Waals surface area contributed by atoms with Crippen molar-refractivity contribution in [2.45, 2.75) is 34.1 Å². The summed E-state index contributed by atoms with van der Waals surface area (Å²) in [7, 11) is 0. The summed E-state index contributed by atoms with van der Waals surface area (Å²) in [6.07, 6.45) is 4.94. The molecule has 0 aliphatic rings. The number of Topliss-reactive ketones (excluding diaryl/α,β-unsaturated/α-hetero) is 1. The van der Waals surface area contributed by atoms with Crippen molar-refractivity contribution in [3.63, 3.8) is 0 Å². The largest absolute Gasteiger partial charge is 0.289 e. The molecule has 0 spiro atoms. The van der Waals surface area contributed by atoms with Gasteiger partial charge in [-0.15, -0.1) is 0 Å². The van der Waals surface area contributed by atoms with E-state index >= 15 is 0 Å². The maximum absolute atomic E-state index is 12.1. The zero-order valence-electron chi connectivity index (χ0n) is 11.1. The molecule has 0 atom stereocenters. The Morgan fingerprint density at radius 1 is 1.12 bits per heavy atom. The Morgan fingerprint density at radius 3 is 2.24 bits per heavy atom. The number of carbonyl (C=O) groups excluding carboxylic acids is 1. The normalized spacial score (nSPS) is 12.7. The van der Waals surface area contributed by atoms with Gasteiger partial charge in [-0.3, -0.25) is 4.79 Å². The summed E-state index contributed by atoms with van der Waals surface area (Å²) in [6.45, 7) is 8.06. The topological polar surface area (TPSA) is 17.1 Å². The number of hydrogen-bond donors (Lipinski definition) is 0. The lowest BCUT2D eigenvalue weighted by Crippen LogP contribution is -2.00. The Morgan fingerprint density at radius 2 is 1.71 bits per heavy atom. The van der Waals surface area contributed by atoms with Gasteiger partial charge in [0.25, 0.3) is 0 Å². The number of benzene rings is 1. The lowest BCUT2D eigenvalue weighted by molar-refractivity contribution is 0.103. The van der Waals surface area contributed by atoms with E-state index < -0.39 is 0 Å².